The topological polar surface area (TPSA) is 61.2 Å². The maximum Gasteiger partial charge on any atom is 0.338 e. The molecule has 0 aliphatic carbocycles. The fourth-order valence-electron chi connectivity index (χ4n) is 4.45. The number of morpholine rings is 1. The van der Waals surface area contributed by atoms with Gasteiger partial charge < -0.3 is 23.9 Å². The first-order valence-corrected chi connectivity index (χ1v) is 11.2. The smallest absolute Gasteiger partial charge is 0.338 e. The summed E-state index contributed by atoms with van der Waals surface area (Å²) in [4.78, 5) is 12.9. The average Bonchev–Trinajstić information content (AvgIpc) is 3.22. The normalized spacial score (nSPS) is 17.5. The van der Waals surface area contributed by atoms with E-state index < -0.39 is 0 Å². The average molecular weight is 437 g/mol. The number of aromatic nitrogens is 1. The van der Waals surface area contributed by atoms with Gasteiger partial charge in [-0.3, -0.25) is 0 Å². The van der Waals surface area contributed by atoms with E-state index in [1.165, 1.54) is 0 Å². The number of fused-ring (bicyclic) bond motifs is 1. The van der Waals surface area contributed by atoms with Gasteiger partial charge in [0.1, 0.15) is 5.75 Å². The van der Waals surface area contributed by atoms with Crippen LogP contribution in [0, 0.1) is 6.92 Å². The van der Waals surface area contributed by atoms with E-state index in [2.05, 4.69) is 28.9 Å². The summed E-state index contributed by atoms with van der Waals surface area (Å²) in [7, 11) is 1.66. The van der Waals surface area contributed by atoms with Crippen molar-refractivity contribution in [2.45, 2.75) is 45.8 Å². The molecule has 0 saturated carbocycles. The highest BCUT2D eigenvalue weighted by atomic mass is 16.5. The molecule has 1 N–H and O–H groups in total. The molecule has 4 rings (SSSR count). The van der Waals surface area contributed by atoms with Crippen molar-refractivity contribution in [2.24, 2.45) is 0 Å². The fourth-order valence-corrected chi connectivity index (χ4v) is 4.45. The Labute approximate surface area is 189 Å². The zero-order valence-electron chi connectivity index (χ0n) is 19.5. The van der Waals surface area contributed by atoms with Gasteiger partial charge in [0.2, 0.25) is 0 Å². The van der Waals surface area contributed by atoms with Gasteiger partial charge >= 0.3 is 5.97 Å². The van der Waals surface area contributed by atoms with Gasteiger partial charge in [-0.1, -0.05) is 19.1 Å². The van der Waals surface area contributed by atoms with E-state index in [0.29, 0.717) is 12.2 Å². The quantitative estimate of drug-likeness (QED) is 0.573. The van der Waals surface area contributed by atoms with Gasteiger partial charge in [0.15, 0.2) is 0 Å². The molecule has 2 atom stereocenters. The highest BCUT2D eigenvalue weighted by molar-refractivity contribution is 5.93. The Kier molecular flexibility index (Phi) is 6.53. The number of nitrogens with zero attached hydrogens (tertiary/aromatic N) is 1. The fraction of sp³-hybridized carbons (Fsp3) is 0.423. The van der Waals surface area contributed by atoms with Gasteiger partial charge in [-0.2, -0.15) is 0 Å². The minimum Gasteiger partial charge on any atom is -0.497 e. The number of nitrogens with one attached hydrogen (secondary N) is 1. The molecule has 0 bridgehead atoms. The molecule has 0 radical (unpaired) electrons. The third-order valence-corrected chi connectivity index (χ3v) is 6.12. The zero-order chi connectivity index (χ0) is 22.8. The third kappa shape index (κ3) is 4.38. The van der Waals surface area contributed by atoms with Crippen LogP contribution in [0.5, 0.6) is 5.75 Å². The van der Waals surface area contributed by atoms with Gasteiger partial charge in [-0.25, -0.2) is 4.79 Å². The second-order valence-electron chi connectivity index (χ2n) is 8.68. The Morgan fingerprint density at radius 3 is 2.53 bits per heavy atom. The number of hydrogen-bond acceptors (Lipinski definition) is 5. The molecule has 1 aliphatic heterocycles. The summed E-state index contributed by atoms with van der Waals surface area (Å²) in [6, 6.07) is 12.1. The van der Waals surface area contributed by atoms with Crippen LogP contribution >= 0.6 is 0 Å². The van der Waals surface area contributed by atoms with E-state index in [4.69, 9.17) is 14.2 Å². The van der Waals surface area contributed by atoms with Crippen molar-refractivity contribution in [3.8, 4) is 16.9 Å². The summed E-state index contributed by atoms with van der Waals surface area (Å²) >= 11 is 0. The molecule has 1 aromatic carbocycles. The summed E-state index contributed by atoms with van der Waals surface area (Å²) in [5.41, 5.74) is 5.75. The molecule has 2 unspecified atom stereocenters. The van der Waals surface area contributed by atoms with E-state index in [-0.39, 0.29) is 24.1 Å². The van der Waals surface area contributed by atoms with Crippen LogP contribution in [-0.4, -0.2) is 49.4 Å². The Hall–Kier alpha value is -2.83. The van der Waals surface area contributed by atoms with Crippen molar-refractivity contribution in [1.82, 2.24) is 9.72 Å². The summed E-state index contributed by atoms with van der Waals surface area (Å²) < 4.78 is 19.1. The number of benzene rings is 1. The van der Waals surface area contributed by atoms with E-state index >= 15 is 0 Å². The molecule has 0 amide bonds. The second-order valence-corrected chi connectivity index (χ2v) is 8.68. The summed E-state index contributed by atoms with van der Waals surface area (Å²) in [5.74, 6) is 0.625. The summed E-state index contributed by atoms with van der Waals surface area (Å²) in [6.07, 6.45) is 2.00. The molecule has 1 saturated heterocycles. The molecule has 1 aliphatic rings. The molecule has 2 aromatic heterocycles. The number of hydrogen-bond donors (Lipinski definition) is 1. The van der Waals surface area contributed by atoms with Gasteiger partial charge in [-0.05, 0) is 56.2 Å². The van der Waals surface area contributed by atoms with E-state index in [1.807, 2.05) is 51.1 Å². The summed E-state index contributed by atoms with van der Waals surface area (Å²) in [5, 5.41) is 3.42. The van der Waals surface area contributed by atoms with Crippen LogP contribution in [0.4, 0.5) is 0 Å². The number of esters is 1. The van der Waals surface area contributed by atoms with Crippen LogP contribution in [0.2, 0.25) is 0 Å². The monoisotopic (exact) mass is 436 g/mol. The lowest BCUT2D eigenvalue weighted by molar-refractivity contribution is 0.0134. The molecule has 3 aromatic rings. The minimum atomic E-state index is -0.289. The molecule has 6 heteroatoms. The molecule has 0 spiro atoms. The van der Waals surface area contributed by atoms with Gasteiger partial charge in [0.25, 0.3) is 0 Å². The molecule has 1 fully saturated rings. The van der Waals surface area contributed by atoms with Crippen LogP contribution in [0.3, 0.4) is 0 Å². The van der Waals surface area contributed by atoms with Crippen LogP contribution in [0.1, 0.15) is 48.3 Å². The number of carbonyl (C=O) groups excluding carboxylic acids is 1. The molecular weight excluding hydrogens is 404 g/mol. The highest BCUT2D eigenvalue weighted by Gasteiger charge is 2.28. The Morgan fingerprint density at radius 1 is 1.16 bits per heavy atom. The van der Waals surface area contributed by atoms with Crippen molar-refractivity contribution in [3.05, 3.63) is 59.4 Å². The number of carbonyl (C=O) groups is 1. The first-order valence-electron chi connectivity index (χ1n) is 11.2. The Bertz CT molecular complexity index is 1100. The summed E-state index contributed by atoms with van der Waals surface area (Å²) in [6.45, 7) is 10.3. The number of pyridine rings is 1. The van der Waals surface area contributed by atoms with E-state index in [9.17, 15) is 4.79 Å². The zero-order valence-corrected chi connectivity index (χ0v) is 19.5. The van der Waals surface area contributed by atoms with Crippen molar-refractivity contribution in [1.29, 1.82) is 0 Å². The molecule has 32 heavy (non-hydrogen) atoms. The standard InChI is InChI=1S/C26H32N2O4/c1-16(2)32-26(29)23-13-21-12-20(19-6-8-22(30-5)9-7-19)15-28(21)25(17(23)3)18(4)24-14-27-10-11-31-24/h6-9,12-13,15-16,18,24,27H,10-11,14H2,1-5H3. The first-order chi connectivity index (χ1) is 15.4. The predicted octanol–water partition coefficient (Wildman–Crippen LogP) is 4.58. The maximum atomic E-state index is 12.9. The van der Waals surface area contributed by atoms with Crippen LogP contribution in [0.25, 0.3) is 16.6 Å². The Balaban J connectivity index is 1.85. The van der Waals surface area contributed by atoms with Crippen LogP contribution in [-0.2, 0) is 9.47 Å². The third-order valence-electron chi connectivity index (χ3n) is 6.12. The predicted molar refractivity (Wildman–Crippen MR) is 126 cm³/mol. The van der Waals surface area contributed by atoms with Crippen LogP contribution < -0.4 is 10.1 Å². The number of ether oxygens (including phenoxy) is 3. The Morgan fingerprint density at radius 2 is 1.91 bits per heavy atom. The minimum absolute atomic E-state index is 0.0360. The lowest BCUT2D eigenvalue weighted by Crippen LogP contribution is -2.41. The van der Waals surface area contributed by atoms with Crippen LogP contribution in [0.15, 0.2) is 42.6 Å². The van der Waals surface area contributed by atoms with Crippen molar-refractivity contribution in [3.63, 3.8) is 0 Å². The largest absolute Gasteiger partial charge is 0.497 e. The van der Waals surface area contributed by atoms with Crippen molar-refractivity contribution < 1.29 is 19.0 Å². The number of rotatable bonds is 6. The first kappa shape index (κ1) is 22.4. The molecule has 6 nitrogen and oxygen atoms in total. The lowest BCUT2D eigenvalue weighted by atomic mass is 9.93. The van der Waals surface area contributed by atoms with E-state index in [0.717, 1.165) is 46.7 Å². The molecule has 3 heterocycles. The van der Waals surface area contributed by atoms with Crippen molar-refractivity contribution >= 4 is 11.5 Å². The number of methoxy groups -OCH3 is 1. The maximum absolute atomic E-state index is 12.9. The van der Waals surface area contributed by atoms with Crippen molar-refractivity contribution in [2.75, 3.05) is 26.8 Å². The lowest BCUT2D eigenvalue weighted by Gasteiger charge is -2.31. The van der Waals surface area contributed by atoms with E-state index in [1.54, 1.807) is 7.11 Å². The SMILES string of the molecule is COc1ccc(-c2cc3cc(C(=O)OC(C)C)c(C)c(C(C)C4CNCCO4)n3c2)cc1. The molecular formula is C26H32N2O4. The van der Waals surface area contributed by atoms with Gasteiger partial charge in [0.05, 0.1) is 31.5 Å². The highest BCUT2D eigenvalue weighted by Crippen LogP contribution is 2.33. The van der Waals surface area contributed by atoms with Gasteiger partial charge in [0, 0.05) is 42.0 Å². The second kappa shape index (κ2) is 9.35. The molecule has 170 valence electrons. The van der Waals surface area contributed by atoms with Gasteiger partial charge in [-0.15, -0.1) is 0 Å².